The Morgan fingerprint density at radius 3 is 2.24 bits per heavy atom. The van der Waals surface area contributed by atoms with Crippen molar-refractivity contribution in [3.63, 3.8) is 0 Å². The zero-order chi connectivity index (χ0) is 23.1. The highest BCUT2D eigenvalue weighted by Crippen LogP contribution is 2.56. The Morgan fingerprint density at radius 1 is 0.970 bits per heavy atom. The molecule has 178 valence electrons. The molecule has 0 saturated carbocycles. The van der Waals surface area contributed by atoms with Gasteiger partial charge < -0.3 is 38.3 Å². The van der Waals surface area contributed by atoms with Crippen LogP contribution in [0, 0.1) is 11.8 Å². The van der Waals surface area contributed by atoms with Crippen molar-refractivity contribution in [3.8, 4) is 28.7 Å². The summed E-state index contributed by atoms with van der Waals surface area (Å²) < 4.78 is 52.4. The van der Waals surface area contributed by atoms with E-state index >= 15 is 0 Å². The lowest BCUT2D eigenvalue weighted by molar-refractivity contribution is -0.136. The molecular formula is C24H27FO8. The Labute approximate surface area is 191 Å². The molecule has 0 amide bonds. The number of halogens is 1. The van der Waals surface area contributed by atoms with Gasteiger partial charge in [-0.3, -0.25) is 0 Å². The summed E-state index contributed by atoms with van der Waals surface area (Å²) >= 11 is 0. The molecule has 2 aliphatic heterocycles. The maximum atomic E-state index is 12.9. The number of hydrogen-bond acceptors (Lipinski definition) is 8. The highest BCUT2D eigenvalue weighted by Gasteiger charge is 2.52. The van der Waals surface area contributed by atoms with Gasteiger partial charge in [-0.1, -0.05) is 0 Å². The van der Waals surface area contributed by atoms with Crippen molar-refractivity contribution >= 4 is 0 Å². The minimum Gasteiger partial charge on any atom is -0.493 e. The summed E-state index contributed by atoms with van der Waals surface area (Å²) in [6.07, 6.45) is -1.47. The van der Waals surface area contributed by atoms with E-state index < -0.39 is 19.1 Å². The third-order valence-corrected chi connectivity index (χ3v) is 6.69. The van der Waals surface area contributed by atoms with Crippen LogP contribution in [-0.2, 0) is 9.47 Å². The molecule has 2 aromatic carbocycles. The molecule has 3 aliphatic rings. The van der Waals surface area contributed by atoms with Crippen molar-refractivity contribution in [1.82, 2.24) is 0 Å². The molecule has 33 heavy (non-hydrogen) atoms. The standard InChI is InChI=1S/C24H27FO8/c1-27-18-6-12(7-19(28-2)23(18)29-3)20-13-8-16-17(33-11-32-16)9-14(13)22(26)15-10-31-24(21(15)20)30-5-4-25/h6-9,15,20-22,24,26H,4-5,10-11H2,1-3H3/t15-,20+,21-,22-,24?/m0/s1. The molecule has 5 rings (SSSR count). The Morgan fingerprint density at radius 2 is 1.64 bits per heavy atom. The van der Waals surface area contributed by atoms with E-state index in [1.54, 1.807) is 21.3 Å². The van der Waals surface area contributed by atoms with Crippen LogP contribution in [0.15, 0.2) is 24.3 Å². The molecule has 5 atom stereocenters. The fourth-order valence-corrected chi connectivity index (χ4v) is 5.28. The van der Waals surface area contributed by atoms with Gasteiger partial charge in [0.15, 0.2) is 29.3 Å². The van der Waals surface area contributed by atoms with E-state index in [9.17, 15) is 9.50 Å². The van der Waals surface area contributed by atoms with Gasteiger partial charge in [-0.05, 0) is 41.0 Å². The second-order valence-electron chi connectivity index (χ2n) is 8.22. The van der Waals surface area contributed by atoms with Crippen molar-refractivity contribution in [2.45, 2.75) is 18.3 Å². The predicted molar refractivity (Wildman–Crippen MR) is 114 cm³/mol. The van der Waals surface area contributed by atoms with Crippen molar-refractivity contribution in [2.75, 3.05) is 48.0 Å². The van der Waals surface area contributed by atoms with Crippen molar-refractivity contribution in [3.05, 3.63) is 41.0 Å². The second-order valence-corrected chi connectivity index (χ2v) is 8.22. The summed E-state index contributed by atoms with van der Waals surface area (Å²) in [5.74, 6) is 1.90. The number of hydrogen-bond donors (Lipinski definition) is 1. The Hall–Kier alpha value is -2.75. The maximum absolute atomic E-state index is 12.9. The van der Waals surface area contributed by atoms with Crippen LogP contribution in [0.1, 0.15) is 28.7 Å². The van der Waals surface area contributed by atoms with E-state index in [0.29, 0.717) is 28.7 Å². The topological polar surface area (TPSA) is 84.8 Å². The Kier molecular flexibility index (Phi) is 5.94. The number of methoxy groups -OCH3 is 3. The van der Waals surface area contributed by atoms with Crippen LogP contribution in [0.4, 0.5) is 4.39 Å². The zero-order valence-corrected chi connectivity index (χ0v) is 18.7. The highest BCUT2D eigenvalue weighted by atomic mass is 19.1. The smallest absolute Gasteiger partial charge is 0.231 e. The van der Waals surface area contributed by atoms with Crippen LogP contribution in [0.3, 0.4) is 0 Å². The van der Waals surface area contributed by atoms with E-state index in [0.717, 1.165) is 16.7 Å². The van der Waals surface area contributed by atoms with Crippen LogP contribution in [-0.4, -0.2) is 59.4 Å². The normalized spacial score (nSPS) is 27.1. The summed E-state index contributed by atoms with van der Waals surface area (Å²) in [5, 5.41) is 11.3. The Balaban J connectivity index is 1.70. The quantitative estimate of drug-likeness (QED) is 0.672. The average molecular weight is 462 g/mol. The van der Waals surface area contributed by atoms with Gasteiger partial charge >= 0.3 is 0 Å². The molecule has 1 aliphatic carbocycles. The van der Waals surface area contributed by atoms with E-state index in [1.807, 2.05) is 24.3 Å². The molecule has 9 heteroatoms. The van der Waals surface area contributed by atoms with Gasteiger partial charge in [0, 0.05) is 17.8 Å². The lowest BCUT2D eigenvalue weighted by Gasteiger charge is -2.40. The van der Waals surface area contributed by atoms with E-state index in [-0.39, 0.29) is 37.8 Å². The third-order valence-electron chi connectivity index (χ3n) is 6.69. The number of ether oxygens (including phenoxy) is 7. The van der Waals surface area contributed by atoms with Crippen LogP contribution in [0.2, 0.25) is 0 Å². The highest BCUT2D eigenvalue weighted by molar-refractivity contribution is 5.59. The molecule has 0 aromatic heterocycles. The van der Waals surface area contributed by atoms with Gasteiger partial charge in [-0.25, -0.2) is 4.39 Å². The van der Waals surface area contributed by atoms with Gasteiger partial charge in [-0.2, -0.15) is 0 Å². The molecule has 0 spiro atoms. The fourth-order valence-electron chi connectivity index (χ4n) is 5.28. The van der Waals surface area contributed by atoms with Crippen LogP contribution >= 0.6 is 0 Å². The van der Waals surface area contributed by atoms with Crippen molar-refractivity contribution in [2.24, 2.45) is 11.8 Å². The van der Waals surface area contributed by atoms with Gasteiger partial charge in [0.25, 0.3) is 0 Å². The van der Waals surface area contributed by atoms with Crippen LogP contribution < -0.4 is 23.7 Å². The molecule has 1 N–H and O–H groups in total. The number of benzene rings is 2. The lowest BCUT2D eigenvalue weighted by atomic mass is 9.66. The number of aliphatic hydroxyl groups is 1. The first-order valence-electron chi connectivity index (χ1n) is 10.8. The van der Waals surface area contributed by atoms with Gasteiger partial charge in [0.2, 0.25) is 12.5 Å². The van der Waals surface area contributed by atoms with Crippen molar-refractivity contribution in [1.29, 1.82) is 0 Å². The summed E-state index contributed by atoms with van der Waals surface area (Å²) in [6, 6.07) is 7.51. The summed E-state index contributed by atoms with van der Waals surface area (Å²) in [4.78, 5) is 0. The molecule has 1 fully saturated rings. The molecule has 0 radical (unpaired) electrons. The average Bonchev–Trinajstić information content (AvgIpc) is 3.48. The van der Waals surface area contributed by atoms with Crippen molar-refractivity contribution < 1.29 is 42.7 Å². The molecular weight excluding hydrogens is 435 g/mol. The van der Waals surface area contributed by atoms with Gasteiger partial charge in [-0.15, -0.1) is 0 Å². The first kappa shape index (κ1) is 22.1. The second kappa shape index (κ2) is 8.89. The molecule has 1 unspecified atom stereocenters. The van der Waals surface area contributed by atoms with Crippen LogP contribution in [0.5, 0.6) is 28.7 Å². The summed E-state index contributed by atoms with van der Waals surface area (Å²) in [5.41, 5.74) is 2.47. The summed E-state index contributed by atoms with van der Waals surface area (Å²) in [7, 11) is 4.67. The molecule has 2 heterocycles. The third kappa shape index (κ3) is 3.55. The lowest BCUT2D eigenvalue weighted by Crippen LogP contribution is -2.37. The molecule has 2 aromatic rings. The van der Waals surface area contributed by atoms with E-state index in [1.165, 1.54) is 0 Å². The first-order valence-corrected chi connectivity index (χ1v) is 10.8. The monoisotopic (exact) mass is 462 g/mol. The van der Waals surface area contributed by atoms with Gasteiger partial charge in [0.1, 0.15) is 6.67 Å². The largest absolute Gasteiger partial charge is 0.493 e. The van der Waals surface area contributed by atoms with E-state index in [2.05, 4.69) is 0 Å². The van der Waals surface area contributed by atoms with E-state index in [4.69, 9.17) is 33.2 Å². The maximum Gasteiger partial charge on any atom is 0.231 e. The minimum absolute atomic E-state index is 0.0834. The summed E-state index contributed by atoms with van der Waals surface area (Å²) in [6.45, 7) is -0.289. The number of aliphatic hydroxyl groups excluding tert-OH is 1. The number of fused-ring (bicyclic) bond motifs is 3. The molecule has 8 nitrogen and oxygen atoms in total. The first-order chi connectivity index (χ1) is 16.1. The number of alkyl halides is 1. The molecule has 1 saturated heterocycles. The molecule has 0 bridgehead atoms. The van der Waals surface area contributed by atoms with Crippen LogP contribution in [0.25, 0.3) is 0 Å². The Bertz CT molecular complexity index is 1000. The van der Waals surface area contributed by atoms with Gasteiger partial charge in [0.05, 0.1) is 40.6 Å². The fraction of sp³-hybridized carbons (Fsp3) is 0.500. The number of rotatable bonds is 7. The predicted octanol–water partition coefficient (Wildman–Crippen LogP) is 3.19. The minimum atomic E-state index is -0.795. The zero-order valence-electron chi connectivity index (χ0n) is 18.7. The SMILES string of the molecule is COc1cc([C@@H]2c3cc4c(cc3[C@H](O)[C@H]3COC(OCCF)[C@H]23)OCO4)cc(OC)c1OC.